The van der Waals surface area contributed by atoms with Crippen molar-refractivity contribution in [3.8, 4) is 11.7 Å². The van der Waals surface area contributed by atoms with Crippen LogP contribution in [0.25, 0.3) is 5.82 Å². The maximum Gasteiger partial charge on any atom is 0.434 e. The van der Waals surface area contributed by atoms with Crippen LogP contribution in [0.1, 0.15) is 16.1 Å². The van der Waals surface area contributed by atoms with Gasteiger partial charge in [-0.2, -0.15) is 18.3 Å². The third kappa shape index (κ3) is 3.47. The summed E-state index contributed by atoms with van der Waals surface area (Å²) in [5.41, 5.74) is -1.85. The Kier molecular flexibility index (Phi) is 4.63. The molecule has 0 bridgehead atoms. The van der Waals surface area contributed by atoms with Crippen molar-refractivity contribution < 1.29 is 22.7 Å². The molecule has 122 valence electrons. The molecule has 23 heavy (non-hydrogen) atoms. The first kappa shape index (κ1) is 16.5. The fourth-order valence-electron chi connectivity index (χ4n) is 1.76. The monoisotopic (exact) mass is 327 g/mol. The Morgan fingerprint density at radius 1 is 1.43 bits per heavy atom. The molecule has 0 atom stereocenters. The molecule has 2 aromatic rings. The fourth-order valence-corrected chi connectivity index (χ4v) is 1.76. The van der Waals surface area contributed by atoms with Crippen LogP contribution in [0.5, 0.6) is 5.88 Å². The summed E-state index contributed by atoms with van der Waals surface area (Å²) >= 11 is 0. The molecule has 0 unspecified atom stereocenters. The molecule has 0 aliphatic heterocycles. The zero-order chi connectivity index (χ0) is 17.0. The summed E-state index contributed by atoms with van der Waals surface area (Å²) in [4.78, 5) is 11.8. The van der Waals surface area contributed by atoms with Gasteiger partial charge in [-0.1, -0.05) is 6.08 Å². The van der Waals surface area contributed by atoms with E-state index in [-0.39, 0.29) is 18.2 Å². The summed E-state index contributed by atoms with van der Waals surface area (Å²) in [6, 6.07) is 2.58. The van der Waals surface area contributed by atoms with E-state index < -0.39 is 23.3 Å². The Balaban J connectivity index is 2.49. The lowest BCUT2D eigenvalue weighted by molar-refractivity contribution is -0.143. The largest absolute Gasteiger partial charge is 0.480 e. The molecule has 0 fully saturated rings. The first-order valence-corrected chi connectivity index (χ1v) is 6.31. The maximum atomic E-state index is 13.3. The fraction of sp³-hybridized carbons (Fsp3) is 0.231. The lowest BCUT2D eigenvalue weighted by Crippen LogP contribution is -2.26. The molecule has 10 heteroatoms. The van der Waals surface area contributed by atoms with E-state index in [0.29, 0.717) is 4.68 Å². The molecule has 2 rings (SSSR count). The van der Waals surface area contributed by atoms with E-state index in [9.17, 15) is 18.0 Å². The first-order valence-electron chi connectivity index (χ1n) is 6.31. The van der Waals surface area contributed by atoms with Gasteiger partial charge in [0.15, 0.2) is 11.5 Å². The van der Waals surface area contributed by atoms with Gasteiger partial charge in [0.05, 0.1) is 18.9 Å². The van der Waals surface area contributed by atoms with Crippen LogP contribution in [0.3, 0.4) is 0 Å². The molecule has 7 nitrogen and oxygen atoms in total. The van der Waals surface area contributed by atoms with Crippen LogP contribution >= 0.6 is 0 Å². The molecule has 2 aromatic heterocycles. The highest BCUT2D eigenvalue weighted by molar-refractivity contribution is 5.95. The molecular weight excluding hydrogens is 315 g/mol. The minimum Gasteiger partial charge on any atom is -0.480 e. The SMILES string of the molecule is C=CCNC(=O)c1cnn(-c2ccc(OC)nn2)c1C(F)(F)F. The Morgan fingerprint density at radius 3 is 2.70 bits per heavy atom. The molecular formula is C13H12F3N5O2. The predicted molar refractivity (Wildman–Crippen MR) is 73.2 cm³/mol. The molecule has 0 aromatic carbocycles. The van der Waals surface area contributed by atoms with Crippen molar-refractivity contribution in [3.63, 3.8) is 0 Å². The molecule has 0 spiro atoms. The Bertz CT molecular complexity index is 709. The second-order valence-electron chi connectivity index (χ2n) is 4.25. The highest BCUT2D eigenvalue weighted by Gasteiger charge is 2.40. The van der Waals surface area contributed by atoms with Gasteiger partial charge in [0.1, 0.15) is 0 Å². The summed E-state index contributed by atoms with van der Waals surface area (Å²) in [6.07, 6.45) is -2.63. The van der Waals surface area contributed by atoms with Gasteiger partial charge in [-0.05, 0) is 6.07 Å². The third-order valence-electron chi connectivity index (χ3n) is 2.74. The van der Waals surface area contributed by atoms with Crippen LogP contribution in [-0.4, -0.2) is 39.5 Å². The van der Waals surface area contributed by atoms with E-state index in [0.717, 1.165) is 6.20 Å². The number of ether oxygens (including phenoxy) is 1. The van der Waals surface area contributed by atoms with Gasteiger partial charge in [0, 0.05) is 12.6 Å². The number of nitrogens with one attached hydrogen (secondary N) is 1. The van der Waals surface area contributed by atoms with Crippen molar-refractivity contribution in [3.05, 3.63) is 42.2 Å². The van der Waals surface area contributed by atoms with E-state index >= 15 is 0 Å². The molecule has 0 aliphatic carbocycles. The Hall–Kier alpha value is -2.91. The maximum absolute atomic E-state index is 13.3. The highest BCUT2D eigenvalue weighted by atomic mass is 19.4. The number of hydrogen-bond donors (Lipinski definition) is 1. The number of amides is 1. The van der Waals surface area contributed by atoms with Crippen molar-refractivity contribution in [1.29, 1.82) is 0 Å². The van der Waals surface area contributed by atoms with E-state index in [1.807, 2.05) is 0 Å². The normalized spacial score (nSPS) is 11.1. The van der Waals surface area contributed by atoms with Gasteiger partial charge >= 0.3 is 6.18 Å². The summed E-state index contributed by atoms with van der Waals surface area (Å²) in [7, 11) is 1.35. The second-order valence-corrected chi connectivity index (χ2v) is 4.25. The number of alkyl halides is 3. The van der Waals surface area contributed by atoms with E-state index in [1.54, 1.807) is 0 Å². The number of halogens is 3. The van der Waals surface area contributed by atoms with Gasteiger partial charge < -0.3 is 10.1 Å². The topological polar surface area (TPSA) is 81.9 Å². The van der Waals surface area contributed by atoms with Gasteiger partial charge in [0.2, 0.25) is 5.88 Å². The van der Waals surface area contributed by atoms with Gasteiger partial charge in [-0.15, -0.1) is 16.8 Å². The summed E-state index contributed by atoms with van der Waals surface area (Å²) in [5, 5.41) is 13.1. The van der Waals surface area contributed by atoms with Crippen LogP contribution in [0, 0.1) is 0 Å². The quantitative estimate of drug-likeness (QED) is 0.844. The number of methoxy groups -OCH3 is 1. The smallest absolute Gasteiger partial charge is 0.434 e. The lowest BCUT2D eigenvalue weighted by Gasteiger charge is -2.11. The Labute approximate surface area is 128 Å². The molecule has 0 aliphatic rings. The summed E-state index contributed by atoms with van der Waals surface area (Å²) in [6.45, 7) is 3.41. The number of nitrogens with zero attached hydrogens (tertiary/aromatic N) is 4. The number of hydrogen-bond acceptors (Lipinski definition) is 5. The van der Waals surface area contributed by atoms with E-state index in [2.05, 4.69) is 27.2 Å². The molecule has 1 N–H and O–H groups in total. The third-order valence-corrected chi connectivity index (χ3v) is 2.74. The number of rotatable bonds is 5. The van der Waals surface area contributed by atoms with Crippen LogP contribution < -0.4 is 10.1 Å². The second kappa shape index (κ2) is 6.46. The van der Waals surface area contributed by atoms with E-state index in [4.69, 9.17) is 4.74 Å². The molecule has 1 amide bonds. The van der Waals surface area contributed by atoms with Crippen molar-refractivity contribution >= 4 is 5.91 Å². The van der Waals surface area contributed by atoms with Gasteiger partial charge in [-0.3, -0.25) is 4.79 Å². The van der Waals surface area contributed by atoms with Crippen LogP contribution in [0.15, 0.2) is 31.0 Å². The molecule has 0 saturated carbocycles. The van der Waals surface area contributed by atoms with Crippen molar-refractivity contribution in [2.75, 3.05) is 13.7 Å². The Morgan fingerprint density at radius 2 is 2.17 bits per heavy atom. The van der Waals surface area contributed by atoms with Crippen LogP contribution in [0.2, 0.25) is 0 Å². The zero-order valence-electron chi connectivity index (χ0n) is 12.0. The van der Waals surface area contributed by atoms with Crippen LogP contribution in [0.4, 0.5) is 13.2 Å². The van der Waals surface area contributed by atoms with Crippen molar-refractivity contribution in [1.82, 2.24) is 25.3 Å². The summed E-state index contributed by atoms with van der Waals surface area (Å²) < 4.78 is 45.3. The number of carbonyl (C=O) groups excluding carboxylic acids is 1. The highest BCUT2D eigenvalue weighted by Crippen LogP contribution is 2.33. The van der Waals surface area contributed by atoms with Gasteiger partial charge in [0.25, 0.3) is 5.91 Å². The zero-order valence-corrected chi connectivity index (χ0v) is 12.0. The van der Waals surface area contributed by atoms with Crippen LogP contribution in [-0.2, 0) is 6.18 Å². The lowest BCUT2D eigenvalue weighted by atomic mass is 10.2. The van der Waals surface area contributed by atoms with E-state index in [1.165, 1.54) is 25.3 Å². The first-order chi connectivity index (χ1) is 10.9. The minimum absolute atomic E-state index is 0.0314. The predicted octanol–water partition coefficient (Wildman–Crippen LogP) is 1.61. The van der Waals surface area contributed by atoms with Gasteiger partial charge in [-0.25, -0.2) is 4.68 Å². The average Bonchev–Trinajstić information content (AvgIpc) is 2.98. The standard InChI is InChI=1S/C13H12F3N5O2/c1-3-6-17-12(22)8-7-18-21(11(8)13(14,15)16)9-4-5-10(23-2)20-19-9/h3-5,7H,1,6H2,2H3,(H,17,22). The van der Waals surface area contributed by atoms with Crippen molar-refractivity contribution in [2.24, 2.45) is 0 Å². The number of aromatic nitrogens is 4. The molecule has 0 radical (unpaired) electrons. The minimum atomic E-state index is -4.81. The van der Waals surface area contributed by atoms with Crippen molar-refractivity contribution in [2.45, 2.75) is 6.18 Å². The molecule has 2 heterocycles. The summed E-state index contributed by atoms with van der Waals surface area (Å²) in [5.74, 6) is -0.968. The molecule has 0 saturated heterocycles. The average molecular weight is 327 g/mol. The number of carbonyl (C=O) groups is 1.